The average Bonchev–Trinajstić information content (AvgIpc) is 2.68. The highest BCUT2D eigenvalue weighted by Crippen LogP contribution is 2.38. The van der Waals surface area contributed by atoms with Crippen LogP contribution in [0.4, 0.5) is 11.6 Å². The van der Waals surface area contributed by atoms with Gasteiger partial charge < -0.3 is 14.6 Å². The van der Waals surface area contributed by atoms with Crippen molar-refractivity contribution in [3.63, 3.8) is 0 Å². The zero-order chi connectivity index (χ0) is 21.4. The summed E-state index contributed by atoms with van der Waals surface area (Å²) in [6.45, 7) is 3.70. The van der Waals surface area contributed by atoms with Crippen molar-refractivity contribution in [3.8, 4) is 11.5 Å². The van der Waals surface area contributed by atoms with Gasteiger partial charge >= 0.3 is 5.69 Å². The lowest BCUT2D eigenvalue weighted by Gasteiger charge is -2.11. The lowest BCUT2D eigenvalue weighted by Crippen LogP contribution is -2.19. The van der Waals surface area contributed by atoms with Crippen LogP contribution >= 0.6 is 0 Å². The molecular formula is C18H23N5O6. The van der Waals surface area contributed by atoms with Gasteiger partial charge in [-0.2, -0.15) is 5.10 Å². The third-order valence-electron chi connectivity index (χ3n) is 3.89. The monoisotopic (exact) mass is 405 g/mol. The van der Waals surface area contributed by atoms with Gasteiger partial charge in [-0.25, -0.2) is 10.4 Å². The Kier molecular flexibility index (Phi) is 7.66. The number of rotatable bonds is 10. The molecule has 1 aromatic heterocycles. The van der Waals surface area contributed by atoms with Gasteiger partial charge in [0, 0.05) is 30.2 Å². The number of hydrazone groups is 1. The number of H-pyrrole nitrogens is 1. The van der Waals surface area contributed by atoms with Crippen LogP contribution in [0.25, 0.3) is 0 Å². The van der Waals surface area contributed by atoms with Crippen molar-refractivity contribution < 1.29 is 19.5 Å². The van der Waals surface area contributed by atoms with Gasteiger partial charge in [0.1, 0.15) is 0 Å². The van der Waals surface area contributed by atoms with Crippen molar-refractivity contribution in [2.75, 3.05) is 25.7 Å². The molecule has 0 aliphatic carbocycles. The Morgan fingerprint density at radius 2 is 2.21 bits per heavy atom. The second kappa shape index (κ2) is 10.2. The van der Waals surface area contributed by atoms with Crippen LogP contribution in [0.2, 0.25) is 0 Å². The summed E-state index contributed by atoms with van der Waals surface area (Å²) in [6, 6.07) is 2.86. The fraction of sp³-hybridized carbons (Fsp3) is 0.389. The first-order chi connectivity index (χ1) is 13.9. The Morgan fingerprint density at radius 1 is 1.45 bits per heavy atom. The number of hydrogen-bond donors (Lipinski definition) is 3. The Hall–Kier alpha value is -3.47. The minimum atomic E-state index is -0.555. The van der Waals surface area contributed by atoms with Crippen LogP contribution in [-0.4, -0.2) is 46.5 Å². The Bertz CT molecular complexity index is 956. The number of benzene rings is 1. The van der Waals surface area contributed by atoms with Gasteiger partial charge in [0.15, 0.2) is 5.75 Å². The molecule has 0 fully saturated rings. The first-order valence-electron chi connectivity index (χ1n) is 8.90. The predicted octanol–water partition coefficient (Wildman–Crippen LogP) is 1.76. The standard InChI is InChI=1S/C18H23N5O6/c1-4-7-29-16-14(23(26)27)8-12(9-15(16)28-3)10-19-22-18-20-11(2)13(5-6-24)17(25)21-18/h8-10,24H,4-7H2,1-3H3,(H2,20,21,22,25)/b19-10-. The van der Waals surface area contributed by atoms with Crippen molar-refractivity contribution in [1.82, 2.24) is 9.97 Å². The fourth-order valence-electron chi connectivity index (χ4n) is 2.56. The molecule has 11 nitrogen and oxygen atoms in total. The molecule has 1 heterocycles. The fourth-order valence-corrected chi connectivity index (χ4v) is 2.56. The summed E-state index contributed by atoms with van der Waals surface area (Å²) >= 11 is 0. The maximum atomic E-state index is 12.0. The molecule has 0 spiro atoms. The number of ether oxygens (including phenoxy) is 2. The van der Waals surface area contributed by atoms with Crippen LogP contribution in [0.3, 0.4) is 0 Å². The van der Waals surface area contributed by atoms with Crippen molar-refractivity contribution in [2.45, 2.75) is 26.7 Å². The molecule has 1 aromatic carbocycles. The number of aromatic amines is 1. The van der Waals surface area contributed by atoms with E-state index in [1.54, 1.807) is 13.0 Å². The number of aromatic nitrogens is 2. The predicted molar refractivity (Wildman–Crippen MR) is 107 cm³/mol. The number of aliphatic hydroxyl groups excluding tert-OH is 1. The minimum Gasteiger partial charge on any atom is -0.493 e. The molecule has 0 aliphatic rings. The maximum Gasteiger partial charge on any atom is 0.315 e. The first-order valence-corrected chi connectivity index (χ1v) is 8.90. The second-order valence-corrected chi connectivity index (χ2v) is 6.00. The van der Waals surface area contributed by atoms with Crippen molar-refractivity contribution >= 4 is 17.9 Å². The topological polar surface area (TPSA) is 152 Å². The lowest BCUT2D eigenvalue weighted by atomic mass is 10.2. The van der Waals surface area contributed by atoms with Gasteiger partial charge in [0.05, 0.1) is 30.5 Å². The maximum absolute atomic E-state index is 12.0. The summed E-state index contributed by atoms with van der Waals surface area (Å²) in [5.74, 6) is 0.380. The van der Waals surface area contributed by atoms with Crippen LogP contribution in [0.15, 0.2) is 22.0 Å². The van der Waals surface area contributed by atoms with E-state index in [1.165, 1.54) is 19.4 Å². The van der Waals surface area contributed by atoms with E-state index < -0.39 is 4.92 Å². The summed E-state index contributed by atoms with van der Waals surface area (Å²) in [6.07, 6.45) is 2.22. The molecule has 3 N–H and O–H groups in total. The van der Waals surface area contributed by atoms with Gasteiger partial charge in [-0.15, -0.1) is 0 Å². The summed E-state index contributed by atoms with van der Waals surface area (Å²) < 4.78 is 10.7. The second-order valence-electron chi connectivity index (χ2n) is 6.00. The van der Waals surface area contributed by atoms with Crippen LogP contribution < -0.4 is 20.5 Å². The number of anilines is 1. The molecular weight excluding hydrogens is 382 g/mol. The van der Waals surface area contributed by atoms with Gasteiger partial charge in [-0.1, -0.05) is 6.92 Å². The third kappa shape index (κ3) is 5.51. The molecule has 0 aliphatic heterocycles. The van der Waals surface area contributed by atoms with E-state index in [0.717, 1.165) is 0 Å². The van der Waals surface area contributed by atoms with Gasteiger partial charge in [-0.05, 0) is 19.4 Å². The molecule has 0 saturated heterocycles. The van der Waals surface area contributed by atoms with Crippen LogP contribution in [0.5, 0.6) is 11.5 Å². The molecule has 0 radical (unpaired) electrons. The summed E-state index contributed by atoms with van der Waals surface area (Å²) in [4.78, 5) is 29.5. The van der Waals surface area contributed by atoms with Gasteiger partial charge in [0.25, 0.3) is 5.56 Å². The molecule has 0 unspecified atom stereocenters. The van der Waals surface area contributed by atoms with Crippen molar-refractivity contribution in [3.05, 3.63) is 49.4 Å². The number of hydrogen-bond acceptors (Lipinski definition) is 9. The average molecular weight is 405 g/mol. The minimum absolute atomic E-state index is 0.0607. The quantitative estimate of drug-likeness (QED) is 0.307. The number of nitrogens with zero attached hydrogens (tertiary/aromatic N) is 3. The highest BCUT2D eigenvalue weighted by atomic mass is 16.6. The number of nitro groups is 1. The Labute approximate surface area is 166 Å². The molecule has 0 amide bonds. The molecule has 0 bridgehead atoms. The summed E-state index contributed by atoms with van der Waals surface area (Å²) in [5.41, 5.74) is 3.21. The highest BCUT2D eigenvalue weighted by molar-refractivity contribution is 5.83. The van der Waals surface area contributed by atoms with E-state index in [4.69, 9.17) is 14.6 Å². The molecule has 156 valence electrons. The number of nitro benzene ring substituents is 1. The zero-order valence-corrected chi connectivity index (χ0v) is 16.4. The number of aryl methyl sites for hydroxylation is 1. The van der Waals surface area contributed by atoms with E-state index in [-0.39, 0.29) is 41.7 Å². The van der Waals surface area contributed by atoms with Gasteiger partial charge in [-0.3, -0.25) is 19.9 Å². The van der Waals surface area contributed by atoms with Crippen molar-refractivity contribution in [1.29, 1.82) is 0 Å². The summed E-state index contributed by atoms with van der Waals surface area (Å²) in [7, 11) is 1.39. The first kappa shape index (κ1) is 21.8. The van der Waals surface area contributed by atoms with E-state index in [9.17, 15) is 14.9 Å². The number of nitrogens with one attached hydrogen (secondary N) is 2. The van der Waals surface area contributed by atoms with Crippen LogP contribution in [0.1, 0.15) is 30.2 Å². The largest absolute Gasteiger partial charge is 0.493 e. The normalized spacial score (nSPS) is 10.9. The van der Waals surface area contributed by atoms with Crippen LogP contribution in [0, 0.1) is 17.0 Å². The SMILES string of the molecule is CCCOc1c(OC)cc(/C=N\Nc2nc(C)c(CCO)c(=O)[nH]2)cc1[N+](=O)[O-]. The zero-order valence-electron chi connectivity index (χ0n) is 16.4. The van der Waals surface area contributed by atoms with Gasteiger partial charge in [0.2, 0.25) is 11.7 Å². The third-order valence-corrected chi connectivity index (χ3v) is 3.89. The van der Waals surface area contributed by atoms with Crippen LogP contribution in [-0.2, 0) is 6.42 Å². The molecule has 2 rings (SSSR count). The van der Waals surface area contributed by atoms with Crippen molar-refractivity contribution in [2.24, 2.45) is 5.10 Å². The molecule has 0 saturated carbocycles. The van der Waals surface area contributed by atoms with E-state index in [2.05, 4.69) is 20.5 Å². The Morgan fingerprint density at radius 3 is 2.79 bits per heavy atom. The molecule has 2 aromatic rings. The number of aliphatic hydroxyl groups is 1. The number of methoxy groups -OCH3 is 1. The Balaban J connectivity index is 2.27. The van der Waals surface area contributed by atoms with E-state index in [0.29, 0.717) is 29.8 Å². The highest BCUT2D eigenvalue weighted by Gasteiger charge is 2.22. The smallest absolute Gasteiger partial charge is 0.315 e. The summed E-state index contributed by atoms with van der Waals surface area (Å²) in [5, 5.41) is 24.4. The lowest BCUT2D eigenvalue weighted by molar-refractivity contribution is -0.386. The molecule has 29 heavy (non-hydrogen) atoms. The molecule has 11 heteroatoms. The molecule has 0 atom stereocenters. The van der Waals surface area contributed by atoms with E-state index >= 15 is 0 Å². The van der Waals surface area contributed by atoms with E-state index in [1.807, 2.05) is 6.92 Å².